The predicted octanol–water partition coefficient (Wildman–Crippen LogP) is 3.75. The highest BCUT2D eigenvalue weighted by Gasteiger charge is 2.06. The van der Waals surface area contributed by atoms with Gasteiger partial charge < -0.3 is 15.8 Å². The summed E-state index contributed by atoms with van der Waals surface area (Å²) in [6, 6.07) is 7.11. The van der Waals surface area contributed by atoms with Crippen molar-refractivity contribution in [1.29, 1.82) is 0 Å². The van der Waals surface area contributed by atoms with Crippen molar-refractivity contribution in [2.45, 2.75) is 13.5 Å². The minimum absolute atomic E-state index is 0.331. The molecule has 0 aliphatic heterocycles. The topological polar surface area (TPSA) is 73.1 Å². The van der Waals surface area contributed by atoms with Crippen molar-refractivity contribution in [3.8, 4) is 0 Å². The number of nitrogens with zero attached hydrogens (tertiary/aromatic N) is 2. The van der Waals surface area contributed by atoms with Crippen LogP contribution in [0.3, 0.4) is 0 Å². The lowest BCUT2D eigenvalue weighted by Crippen LogP contribution is -2.05. The Hall–Kier alpha value is -1.37. The van der Waals surface area contributed by atoms with Crippen LogP contribution in [0.25, 0.3) is 0 Å². The minimum Gasteiger partial charge on any atom is -0.384 e. The standard InChI is InChI=1S/C13H14BrClN4O/c1-2-20-7-13-18-11(16)6-12(19-13)17-10-4-3-8(15)5-9(10)14/h3-6H,2,7H2,1H3,(H3,16,17,18,19). The van der Waals surface area contributed by atoms with E-state index in [9.17, 15) is 0 Å². The number of hydrogen-bond acceptors (Lipinski definition) is 5. The SMILES string of the molecule is CCOCc1nc(N)cc(Nc2ccc(Cl)cc2Br)n1. The molecule has 0 saturated carbocycles. The van der Waals surface area contributed by atoms with E-state index in [-0.39, 0.29) is 0 Å². The molecular weight excluding hydrogens is 344 g/mol. The molecule has 0 radical (unpaired) electrons. The number of nitrogen functional groups attached to an aromatic ring is 1. The maximum absolute atomic E-state index is 5.91. The van der Waals surface area contributed by atoms with Crippen LogP contribution in [0.1, 0.15) is 12.7 Å². The summed E-state index contributed by atoms with van der Waals surface area (Å²) in [6.07, 6.45) is 0. The number of aromatic nitrogens is 2. The van der Waals surface area contributed by atoms with Crippen LogP contribution >= 0.6 is 27.5 Å². The number of ether oxygens (including phenoxy) is 1. The summed E-state index contributed by atoms with van der Waals surface area (Å²) in [4.78, 5) is 8.47. The van der Waals surface area contributed by atoms with Gasteiger partial charge >= 0.3 is 0 Å². The van der Waals surface area contributed by atoms with Gasteiger partial charge in [-0.15, -0.1) is 0 Å². The lowest BCUT2D eigenvalue weighted by molar-refractivity contribution is 0.128. The number of nitrogens with two attached hydrogens (primary N) is 1. The first-order valence-electron chi connectivity index (χ1n) is 6.01. The first-order valence-corrected chi connectivity index (χ1v) is 7.19. The van der Waals surface area contributed by atoms with Gasteiger partial charge in [-0.05, 0) is 41.1 Å². The number of nitrogens with one attached hydrogen (secondary N) is 1. The summed E-state index contributed by atoms with van der Waals surface area (Å²) < 4.78 is 6.13. The maximum Gasteiger partial charge on any atom is 0.158 e. The molecule has 1 aromatic carbocycles. The van der Waals surface area contributed by atoms with Gasteiger partial charge in [0.05, 0.1) is 5.69 Å². The Bertz CT molecular complexity index is 609. The molecule has 2 aromatic rings. The lowest BCUT2D eigenvalue weighted by atomic mass is 10.3. The van der Waals surface area contributed by atoms with Gasteiger partial charge in [-0.1, -0.05) is 11.6 Å². The van der Waals surface area contributed by atoms with E-state index in [1.54, 1.807) is 18.2 Å². The summed E-state index contributed by atoms with van der Waals surface area (Å²) >= 11 is 9.34. The van der Waals surface area contributed by atoms with Crippen molar-refractivity contribution in [2.24, 2.45) is 0 Å². The van der Waals surface area contributed by atoms with Gasteiger partial charge in [0, 0.05) is 22.2 Å². The highest BCUT2D eigenvalue weighted by Crippen LogP contribution is 2.28. The third-order valence-electron chi connectivity index (χ3n) is 2.42. The third-order valence-corrected chi connectivity index (χ3v) is 3.31. The highest BCUT2D eigenvalue weighted by atomic mass is 79.9. The monoisotopic (exact) mass is 356 g/mol. The minimum atomic E-state index is 0.331. The zero-order chi connectivity index (χ0) is 14.5. The van der Waals surface area contributed by atoms with E-state index in [0.29, 0.717) is 35.7 Å². The average molecular weight is 358 g/mol. The zero-order valence-corrected chi connectivity index (χ0v) is 13.2. The van der Waals surface area contributed by atoms with Crippen LogP contribution in [-0.4, -0.2) is 16.6 Å². The van der Waals surface area contributed by atoms with Crippen molar-refractivity contribution < 1.29 is 4.74 Å². The van der Waals surface area contributed by atoms with E-state index >= 15 is 0 Å². The Morgan fingerprint density at radius 1 is 1.35 bits per heavy atom. The third kappa shape index (κ3) is 4.06. The summed E-state index contributed by atoms with van der Waals surface area (Å²) in [7, 11) is 0. The summed E-state index contributed by atoms with van der Waals surface area (Å²) in [5.41, 5.74) is 6.61. The number of halogens is 2. The molecule has 1 aromatic heterocycles. The first-order chi connectivity index (χ1) is 9.58. The molecule has 3 N–H and O–H groups in total. The summed E-state index contributed by atoms with van der Waals surface area (Å²) in [5, 5.41) is 3.82. The lowest BCUT2D eigenvalue weighted by Gasteiger charge is -2.10. The fourth-order valence-electron chi connectivity index (χ4n) is 1.57. The number of benzene rings is 1. The van der Waals surface area contributed by atoms with Crippen LogP contribution < -0.4 is 11.1 Å². The van der Waals surface area contributed by atoms with E-state index < -0.39 is 0 Å². The maximum atomic E-state index is 5.91. The van der Waals surface area contributed by atoms with Crippen LogP contribution in [-0.2, 0) is 11.3 Å². The molecule has 5 nitrogen and oxygen atoms in total. The van der Waals surface area contributed by atoms with E-state index in [4.69, 9.17) is 22.1 Å². The van der Waals surface area contributed by atoms with Gasteiger partial charge in [-0.3, -0.25) is 0 Å². The van der Waals surface area contributed by atoms with E-state index in [2.05, 4.69) is 31.2 Å². The average Bonchev–Trinajstić information content (AvgIpc) is 2.39. The fraction of sp³-hybridized carbons (Fsp3) is 0.231. The Morgan fingerprint density at radius 2 is 2.15 bits per heavy atom. The summed E-state index contributed by atoms with van der Waals surface area (Å²) in [5.74, 6) is 1.54. The smallest absolute Gasteiger partial charge is 0.158 e. The molecule has 0 aliphatic rings. The van der Waals surface area contributed by atoms with Crippen molar-refractivity contribution in [1.82, 2.24) is 9.97 Å². The second-order valence-electron chi connectivity index (χ2n) is 3.98. The molecule has 0 aliphatic carbocycles. The Balaban J connectivity index is 2.21. The van der Waals surface area contributed by atoms with Crippen LogP contribution in [0, 0.1) is 0 Å². The molecule has 0 fully saturated rings. The molecule has 0 amide bonds. The van der Waals surface area contributed by atoms with Gasteiger partial charge in [0.1, 0.15) is 18.2 Å². The molecule has 7 heteroatoms. The van der Waals surface area contributed by atoms with Crippen molar-refractivity contribution in [3.05, 3.63) is 39.6 Å². The molecule has 0 saturated heterocycles. The van der Waals surface area contributed by atoms with Gasteiger partial charge in [-0.25, -0.2) is 9.97 Å². The molecule has 2 rings (SSSR count). The second-order valence-corrected chi connectivity index (χ2v) is 5.27. The predicted molar refractivity (Wildman–Crippen MR) is 84.2 cm³/mol. The molecule has 0 spiro atoms. The molecule has 0 unspecified atom stereocenters. The molecular formula is C13H14BrClN4O. The molecule has 0 atom stereocenters. The van der Waals surface area contributed by atoms with Crippen LogP contribution in [0.5, 0.6) is 0 Å². The van der Waals surface area contributed by atoms with E-state index in [0.717, 1.165) is 10.2 Å². The fourth-order valence-corrected chi connectivity index (χ4v) is 2.35. The Morgan fingerprint density at radius 3 is 2.85 bits per heavy atom. The summed E-state index contributed by atoms with van der Waals surface area (Å²) in [6.45, 7) is 2.85. The van der Waals surface area contributed by atoms with Crippen molar-refractivity contribution in [3.63, 3.8) is 0 Å². The zero-order valence-electron chi connectivity index (χ0n) is 10.9. The number of anilines is 3. The van der Waals surface area contributed by atoms with Gasteiger partial charge in [-0.2, -0.15) is 0 Å². The number of rotatable bonds is 5. The quantitative estimate of drug-likeness (QED) is 0.852. The van der Waals surface area contributed by atoms with Crippen molar-refractivity contribution >= 4 is 44.9 Å². The van der Waals surface area contributed by atoms with E-state index in [1.165, 1.54) is 0 Å². The molecule has 1 heterocycles. The van der Waals surface area contributed by atoms with Crippen LogP contribution in [0.15, 0.2) is 28.7 Å². The van der Waals surface area contributed by atoms with Crippen LogP contribution in [0.2, 0.25) is 5.02 Å². The highest BCUT2D eigenvalue weighted by molar-refractivity contribution is 9.10. The second kappa shape index (κ2) is 6.88. The Kier molecular flexibility index (Phi) is 5.17. The first kappa shape index (κ1) is 15.0. The molecule has 106 valence electrons. The van der Waals surface area contributed by atoms with Crippen LogP contribution in [0.4, 0.5) is 17.3 Å². The van der Waals surface area contributed by atoms with E-state index in [1.807, 2.05) is 13.0 Å². The molecule has 0 bridgehead atoms. The van der Waals surface area contributed by atoms with Gasteiger partial charge in [0.15, 0.2) is 5.82 Å². The van der Waals surface area contributed by atoms with Gasteiger partial charge in [0.25, 0.3) is 0 Å². The Labute approximate surface area is 130 Å². The van der Waals surface area contributed by atoms with Gasteiger partial charge in [0.2, 0.25) is 0 Å². The largest absolute Gasteiger partial charge is 0.384 e. The number of hydrogen-bond donors (Lipinski definition) is 2. The van der Waals surface area contributed by atoms with Crippen molar-refractivity contribution in [2.75, 3.05) is 17.7 Å². The normalized spacial score (nSPS) is 10.6. The molecule has 20 heavy (non-hydrogen) atoms.